The number of alkyl halides is 4. The lowest BCUT2D eigenvalue weighted by Gasteiger charge is -2.09. The highest BCUT2D eigenvalue weighted by Gasteiger charge is 2.30. The van der Waals surface area contributed by atoms with E-state index in [0.29, 0.717) is 11.1 Å². The van der Waals surface area contributed by atoms with Gasteiger partial charge in [-0.1, -0.05) is 18.2 Å². The molecule has 0 saturated heterocycles. The van der Waals surface area contributed by atoms with Gasteiger partial charge >= 0.3 is 6.18 Å². The second-order valence-corrected chi connectivity index (χ2v) is 4.29. The number of hydrogen-bond acceptors (Lipinski definition) is 0. The fourth-order valence-corrected chi connectivity index (χ4v) is 1.88. The SMILES string of the molecule is Fc1ccc(CCl)cc1-c1ccc(C(F)(F)F)cc1. The highest BCUT2D eigenvalue weighted by Crippen LogP contribution is 2.31. The molecule has 0 heterocycles. The number of halogens is 5. The van der Waals surface area contributed by atoms with Crippen molar-refractivity contribution < 1.29 is 17.6 Å². The van der Waals surface area contributed by atoms with Gasteiger partial charge in [-0.2, -0.15) is 13.2 Å². The third kappa shape index (κ3) is 3.07. The van der Waals surface area contributed by atoms with E-state index in [1.54, 1.807) is 0 Å². The highest BCUT2D eigenvalue weighted by molar-refractivity contribution is 6.17. The Morgan fingerprint density at radius 2 is 1.58 bits per heavy atom. The molecule has 2 aromatic carbocycles. The summed E-state index contributed by atoms with van der Waals surface area (Å²) in [5, 5.41) is 0. The summed E-state index contributed by atoms with van der Waals surface area (Å²) in [5.41, 5.74) is 0.576. The molecule has 0 fully saturated rings. The first-order valence-corrected chi connectivity index (χ1v) is 5.97. The van der Waals surface area contributed by atoms with Gasteiger partial charge in [0.05, 0.1) is 5.56 Å². The van der Waals surface area contributed by atoms with Gasteiger partial charge in [0.1, 0.15) is 5.82 Å². The van der Waals surface area contributed by atoms with Crippen molar-refractivity contribution in [3.8, 4) is 11.1 Å². The molecule has 0 bridgehead atoms. The van der Waals surface area contributed by atoms with Crippen molar-refractivity contribution in [1.82, 2.24) is 0 Å². The lowest BCUT2D eigenvalue weighted by molar-refractivity contribution is -0.137. The molecule has 0 aliphatic carbocycles. The maximum Gasteiger partial charge on any atom is 0.416 e. The van der Waals surface area contributed by atoms with E-state index in [1.807, 2.05) is 0 Å². The van der Waals surface area contributed by atoms with E-state index < -0.39 is 17.6 Å². The van der Waals surface area contributed by atoms with Crippen molar-refractivity contribution in [2.45, 2.75) is 12.1 Å². The zero-order chi connectivity index (χ0) is 14.0. The molecular formula is C14H9ClF4. The van der Waals surface area contributed by atoms with Gasteiger partial charge in [0, 0.05) is 11.4 Å². The molecule has 2 aromatic rings. The largest absolute Gasteiger partial charge is 0.416 e. The summed E-state index contributed by atoms with van der Waals surface area (Å²) in [6.07, 6.45) is -4.39. The van der Waals surface area contributed by atoms with Crippen molar-refractivity contribution in [2.24, 2.45) is 0 Å². The van der Waals surface area contributed by atoms with Gasteiger partial charge in [-0.05, 0) is 35.4 Å². The van der Waals surface area contributed by atoms with Crippen LogP contribution in [0, 0.1) is 5.82 Å². The van der Waals surface area contributed by atoms with E-state index in [0.717, 1.165) is 12.1 Å². The molecule has 0 N–H and O–H groups in total. The van der Waals surface area contributed by atoms with Crippen LogP contribution in [0.4, 0.5) is 17.6 Å². The molecule has 0 aliphatic rings. The molecule has 2 rings (SSSR count). The lowest BCUT2D eigenvalue weighted by Crippen LogP contribution is -2.04. The molecule has 0 atom stereocenters. The van der Waals surface area contributed by atoms with Crippen LogP contribution >= 0.6 is 11.6 Å². The van der Waals surface area contributed by atoms with Crippen molar-refractivity contribution >= 4 is 11.6 Å². The van der Waals surface area contributed by atoms with Gasteiger partial charge in [-0.3, -0.25) is 0 Å². The third-order valence-electron chi connectivity index (χ3n) is 2.71. The molecule has 19 heavy (non-hydrogen) atoms. The van der Waals surface area contributed by atoms with Crippen molar-refractivity contribution in [3.63, 3.8) is 0 Å². The zero-order valence-electron chi connectivity index (χ0n) is 9.64. The molecule has 0 aliphatic heterocycles. The minimum absolute atomic E-state index is 0.216. The van der Waals surface area contributed by atoms with Gasteiger partial charge in [-0.25, -0.2) is 4.39 Å². The van der Waals surface area contributed by atoms with Gasteiger partial charge in [0.25, 0.3) is 0 Å². The minimum atomic E-state index is -4.39. The average molecular weight is 289 g/mol. The first-order chi connectivity index (χ1) is 8.91. The maximum atomic E-state index is 13.7. The highest BCUT2D eigenvalue weighted by atomic mass is 35.5. The van der Waals surface area contributed by atoms with E-state index in [9.17, 15) is 17.6 Å². The summed E-state index contributed by atoms with van der Waals surface area (Å²) in [4.78, 5) is 0. The first-order valence-electron chi connectivity index (χ1n) is 5.44. The molecule has 0 nitrogen and oxygen atoms in total. The van der Waals surface area contributed by atoms with Crippen LogP contribution in [0.25, 0.3) is 11.1 Å². The third-order valence-corrected chi connectivity index (χ3v) is 3.02. The van der Waals surface area contributed by atoms with Gasteiger partial charge in [-0.15, -0.1) is 11.6 Å². The standard InChI is InChI=1S/C14H9ClF4/c15-8-9-1-6-13(16)12(7-9)10-2-4-11(5-3-10)14(17,18)19/h1-7H,8H2. The Balaban J connectivity index is 2.42. The molecule has 0 unspecified atom stereocenters. The number of rotatable bonds is 2. The maximum absolute atomic E-state index is 13.7. The molecule has 100 valence electrons. The molecule has 5 heteroatoms. The zero-order valence-corrected chi connectivity index (χ0v) is 10.4. The average Bonchev–Trinajstić information content (AvgIpc) is 2.38. The fraction of sp³-hybridized carbons (Fsp3) is 0.143. The first kappa shape index (κ1) is 13.9. The van der Waals surface area contributed by atoms with Crippen LogP contribution in [-0.4, -0.2) is 0 Å². The van der Waals surface area contributed by atoms with Crippen LogP contribution in [-0.2, 0) is 12.1 Å². The summed E-state index contributed by atoms with van der Waals surface area (Å²) < 4.78 is 50.9. The second kappa shape index (κ2) is 5.21. The predicted molar refractivity (Wildman–Crippen MR) is 66.4 cm³/mol. The number of hydrogen-bond donors (Lipinski definition) is 0. The Hall–Kier alpha value is -1.55. The van der Waals surface area contributed by atoms with Crippen LogP contribution in [0.3, 0.4) is 0 Å². The van der Waals surface area contributed by atoms with Crippen molar-refractivity contribution in [3.05, 3.63) is 59.4 Å². The Bertz CT molecular complexity index is 573. The fourth-order valence-electron chi connectivity index (χ4n) is 1.72. The van der Waals surface area contributed by atoms with Crippen LogP contribution in [0.1, 0.15) is 11.1 Å². The molecular weight excluding hydrogens is 280 g/mol. The Labute approximate surface area is 112 Å². The van der Waals surface area contributed by atoms with E-state index in [4.69, 9.17) is 11.6 Å². The van der Waals surface area contributed by atoms with Crippen molar-refractivity contribution in [2.75, 3.05) is 0 Å². The molecule has 0 saturated carbocycles. The summed E-state index contributed by atoms with van der Waals surface area (Å²) in [6, 6.07) is 8.69. The van der Waals surface area contributed by atoms with Gasteiger partial charge < -0.3 is 0 Å². The van der Waals surface area contributed by atoms with Gasteiger partial charge in [0.15, 0.2) is 0 Å². The molecule has 0 amide bonds. The lowest BCUT2D eigenvalue weighted by atomic mass is 10.0. The normalized spacial score (nSPS) is 11.6. The molecule has 0 spiro atoms. The van der Waals surface area contributed by atoms with E-state index in [1.165, 1.54) is 30.3 Å². The topological polar surface area (TPSA) is 0 Å². The summed E-state index contributed by atoms with van der Waals surface area (Å²) in [5.74, 6) is -0.276. The van der Waals surface area contributed by atoms with E-state index >= 15 is 0 Å². The van der Waals surface area contributed by atoms with Crippen LogP contribution < -0.4 is 0 Å². The Kier molecular flexibility index (Phi) is 3.80. The summed E-state index contributed by atoms with van der Waals surface area (Å²) in [6.45, 7) is 0. The van der Waals surface area contributed by atoms with Crippen LogP contribution in [0.15, 0.2) is 42.5 Å². The van der Waals surface area contributed by atoms with Crippen LogP contribution in [0.5, 0.6) is 0 Å². The molecule has 0 radical (unpaired) electrons. The van der Waals surface area contributed by atoms with E-state index in [-0.39, 0.29) is 11.4 Å². The monoisotopic (exact) mass is 288 g/mol. The second-order valence-electron chi connectivity index (χ2n) is 4.02. The smallest absolute Gasteiger partial charge is 0.206 e. The predicted octanol–water partition coefficient (Wildman–Crippen LogP) is 5.25. The Morgan fingerprint density at radius 3 is 2.11 bits per heavy atom. The number of benzene rings is 2. The van der Waals surface area contributed by atoms with Crippen molar-refractivity contribution in [1.29, 1.82) is 0 Å². The Morgan fingerprint density at radius 1 is 0.947 bits per heavy atom. The van der Waals surface area contributed by atoms with Crippen LogP contribution in [0.2, 0.25) is 0 Å². The van der Waals surface area contributed by atoms with Gasteiger partial charge in [0.2, 0.25) is 0 Å². The minimum Gasteiger partial charge on any atom is -0.206 e. The molecule has 0 aromatic heterocycles. The summed E-state index contributed by atoms with van der Waals surface area (Å²) in [7, 11) is 0. The quantitative estimate of drug-likeness (QED) is 0.523. The summed E-state index contributed by atoms with van der Waals surface area (Å²) >= 11 is 5.65. The van der Waals surface area contributed by atoms with E-state index in [2.05, 4.69) is 0 Å².